The van der Waals surface area contributed by atoms with Gasteiger partial charge >= 0.3 is 12.1 Å². The van der Waals surface area contributed by atoms with Crippen LogP contribution in [0.25, 0.3) is 0 Å². The van der Waals surface area contributed by atoms with Crippen molar-refractivity contribution in [3.05, 3.63) is 53.1 Å². The molecule has 2 aliphatic rings. The van der Waals surface area contributed by atoms with Crippen LogP contribution in [-0.4, -0.2) is 17.0 Å². The summed E-state index contributed by atoms with van der Waals surface area (Å²) in [5, 5.41) is 12.1. The molecule has 0 saturated heterocycles. The van der Waals surface area contributed by atoms with Gasteiger partial charge in [0, 0.05) is 17.5 Å². The van der Waals surface area contributed by atoms with Crippen LogP contribution in [0.1, 0.15) is 19.4 Å². The number of hydrogen-bond donors (Lipinski definition) is 2. The SMILES string of the molecule is CC(C)=C1[C@H]2C=C[C@H]1[C@@H](C(=O)O)[C@H]2C(=O)Nc1cccc(C(F)(F)F)c1. The van der Waals surface area contributed by atoms with E-state index < -0.39 is 35.5 Å². The minimum Gasteiger partial charge on any atom is -0.481 e. The molecule has 138 valence electrons. The molecule has 4 nitrogen and oxygen atoms in total. The molecule has 0 heterocycles. The smallest absolute Gasteiger partial charge is 0.416 e. The van der Waals surface area contributed by atoms with Gasteiger partial charge in [0.15, 0.2) is 0 Å². The number of rotatable bonds is 3. The number of fused-ring (bicyclic) bond motifs is 2. The maximum atomic E-state index is 12.8. The molecule has 1 aromatic rings. The maximum Gasteiger partial charge on any atom is 0.416 e. The molecule has 1 saturated carbocycles. The first-order valence-corrected chi connectivity index (χ1v) is 8.17. The second-order valence-corrected chi connectivity index (χ2v) is 6.85. The normalized spacial score (nSPS) is 26.9. The zero-order valence-corrected chi connectivity index (χ0v) is 14.2. The topological polar surface area (TPSA) is 66.4 Å². The number of nitrogens with one attached hydrogen (secondary N) is 1. The number of carbonyl (C=O) groups excluding carboxylic acids is 1. The highest BCUT2D eigenvalue weighted by Crippen LogP contribution is 2.53. The van der Waals surface area contributed by atoms with E-state index >= 15 is 0 Å². The number of carbonyl (C=O) groups is 2. The molecule has 0 spiro atoms. The standard InChI is InChI=1S/C19H18F3NO3/c1-9(2)14-12-6-7-13(14)16(18(25)26)15(12)17(24)23-11-5-3-4-10(8-11)19(20,21)22/h3-8,12-13,15-16H,1-2H3,(H,23,24)(H,25,26)/t12-,13-,15+,16-/m1/s1. The summed E-state index contributed by atoms with van der Waals surface area (Å²) in [5.74, 6) is -4.10. The van der Waals surface area contributed by atoms with Gasteiger partial charge in [-0.05, 0) is 32.0 Å². The van der Waals surface area contributed by atoms with Crippen LogP contribution in [0.2, 0.25) is 0 Å². The Bertz CT molecular complexity index is 822. The van der Waals surface area contributed by atoms with E-state index in [1.54, 1.807) is 6.08 Å². The average molecular weight is 365 g/mol. The van der Waals surface area contributed by atoms with Crippen LogP contribution in [-0.2, 0) is 15.8 Å². The summed E-state index contributed by atoms with van der Waals surface area (Å²) < 4.78 is 38.5. The number of carboxylic acids is 1. The Labute approximate surface area is 148 Å². The second kappa shape index (κ2) is 6.30. The van der Waals surface area contributed by atoms with Crippen LogP contribution in [0, 0.1) is 23.7 Å². The fraction of sp³-hybridized carbons (Fsp3) is 0.368. The maximum absolute atomic E-state index is 12.8. The molecule has 0 unspecified atom stereocenters. The Hall–Kier alpha value is -2.57. The fourth-order valence-corrected chi connectivity index (χ4v) is 4.04. The van der Waals surface area contributed by atoms with Gasteiger partial charge in [-0.1, -0.05) is 29.4 Å². The Morgan fingerprint density at radius 1 is 1.08 bits per heavy atom. The molecular formula is C19H18F3NO3. The molecule has 0 aromatic heterocycles. The Morgan fingerprint density at radius 3 is 2.23 bits per heavy atom. The lowest BCUT2D eigenvalue weighted by atomic mass is 9.82. The lowest BCUT2D eigenvalue weighted by Crippen LogP contribution is -2.36. The van der Waals surface area contributed by atoms with Gasteiger partial charge in [0.2, 0.25) is 5.91 Å². The first kappa shape index (κ1) is 18.2. The largest absolute Gasteiger partial charge is 0.481 e. The van der Waals surface area contributed by atoms with E-state index in [-0.39, 0.29) is 17.5 Å². The number of amides is 1. The molecule has 4 atom stereocenters. The third-order valence-corrected chi connectivity index (χ3v) is 5.03. The third kappa shape index (κ3) is 3.02. The number of allylic oxidation sites excluding steroid dienone is 4. The van der Waals surface area contributed by atoms with E-state index in [0.717, 1.165) is 23.3 Å². The summed E-state index contributed by atoms with van der Waals surface area (Å²) in [6.07, 6.45) is -0.891. The van der Waals surface area contributed by atoms with Crippen molar-refractivity contribution in [3.8, 4) is 0 Å². The second-order valence-electron chi connectivity index (χ2n) is 6.85. The van der Waals surface area contributed by atoms with E-state index in [1.165, 1.54) is 12.1 Å². The van der Waals surface area contributed by atoms with E-state index in [9.17, 15) is 27.9 Å². The van der Waals surface area contributed by atoms with Crippen molar-refractivity contribution >= 4 is 17.6 Å². The Balaban J connectivity index is 1.89. The van der Waals surface area contributed by atoms with Crippen molar-refractivity contribution in [3.63, 3.8) is 0 Å². The van der Waals surface area contributed by atoms with Crippen LogP contribution in [0.5, 0.6) is 0 Å². The van der Waals surface area contributed by atoms with Crippen LogP contribution < -0.4 is 5.32 Å². The number of aliphatic carboxylic acids is 1. The number of benzene rings is 1. The summed E-state index contributed by atoms with van der Waals surface area (Å²) in [7, 11) is 0. The highest BCUT2D eigenvalue weighted by molar-refractivity contribution is 5.97. The lowest BCUT2D eigenvalue weighted by molar-refractivity contribution is -0.146. The molecule has 2 N–H and O–H groups in total. The first-order chi connectivity index (χ1) is 12.1. The number of hydrogen-bond acceptors (Lipinski definition) is 2. The number of alkyl halides is 3. The molecule has 0 radical (unpaired) electrons. The summed E-state index contributed by atoms with van der Waals surface area (Å²) in [6, 6.07) is 4.32. The van der Waals surface area contributed by atoms with Crippen LogP contribution in [0.3, 0.4) is 0 Å². The molecule has 0 aliphatic heterocycles. The van der Waals surface area contributed by atoms with Gasteiger partial charge in [0.1, 0.15) is 0 Å². The monoisotopic (exact) mass is 365 g/mol. The highest BCUT2D eigenvalue weighted by Gasteiger charge is 2.54. The Kier molecular flexibility index (Phi) is 4.42. The minimum atomic E-state index is -4.52. The first-order valence-electron chi connectivity index (χ1n) is 8.17. The van der Waals surface area contributed by atoms with Gasteiger partial charge in [-0.3, -0.25) is 9.59 Å². The van der Waals surface area contributed by atoms with E-state index in [1.807, 2.05) is 19.9 Å². The molecule has 2 aliphatic carbocycles. The summed E-state index contributed by atoms with van der Waals surface area (Å²) in [5.41, 5.74) is 1.01. The third-order valence-electron chi connectivity index (χ3n) is 5.03. The van der Waals surface area contributed by atoms with Crippen molar-refractivity contribution in [1.82, 2.24) is 0 Å². The van der Waals surface area contributed by atoms with Gasteiger partial charge in [-0.2, -0.15) is 13.2 Å². The van der Waals surface area contributed by atoms with E-state index in [2.05, 4.69) is 5.32 Å². The van der Waals surface area contributed by atoms with Gasteiger partial charge in [-0.15, -0.1) is 0 Å². The number of carboxylic acid groups (broad SMARTS) is 1. The van der Waals surface area contributed by atoms with Gasteiger partial charge in [0.05, 0.1) is 17.4 Å². The van der Waals surface area contributed by atoms with Gasteiger partial charge < -0.3 is 10.4 Å². The predicted molar refractivity (Wildman–Crippen MR) is 89.2 cm³/mol. The molecule has 3 rings (SSSR count). The molecule has 1 amide bonds. The lowest BCUT2D eigenvalue weighted by Gasteiger charge is -2.23. The minimum absolute atomic E-state index is 0.000494. The van der Waals surface area contributed by atoms with E-state index in [4.69, 9.17) is 0 Å². The molecular weight excluding hydrogens is 347 g/mol. The molecule has 1 aromatic carbocycles. The quantitative estimate of drug-likeness (QED) is 0.792. The zero-order valence-electron chi connectivity index (χ0n) is 14.2. The van der Waals surface area contributed by atoms with Crippen molar-refractivity contribution in [2.45, 2.75) is 20.0 Å². The highest BCUT2D eigenvalue weighted by atomic mass is 19.4. The van der Waals surface area contributed by atoms with Crippen LogP contribution >= 0.6 is 0 Å². The zero-order chi connectivity index (χ0) is 19.2. The average Bonchev–Trinajstić information content (AvgIpc) is 3.10. The molecule has 1 fully saturated rings. The van der Waals surface area contributed by atoms with Crippen molar-refractivity contribution < 1.29 is 27.9 Å². The molecule has 26 heavy (non-hydrogen) atoms. The molecule has 2 bridgehead atoms. The van der Waals surface area contributed by atoms with Crippen LogP contribution in [0.4, 0.5) is 18.9 Å². The summed E-state index contributed by atoms with van der Waals surface area (Å²) in [6.45, 7) is 3.74. The Morgan fingerprint density at radius 2 is 1.69 bits per heavy atom. The summed E-state index contributed by atoms with van der Waals surface area (Å²) >= 11 is 0. The van der Waals surface area contributed by atoms with Crippen molar-refractivity contribution in [2.75, 3.05) is 5.32 Å². The van der Waals surface area contributed by atoms with Crippen LogP contribution in [0.15, 0.2) is 47.6 Å². The van der Waals surface area contributed by atoms with Gasteiger partial charge in [0.25, 0.3) is 0 Å². The number of halogens is 3. The van der Waals surface area contributed by atoms with E-state index in [0.29, 0.717) is 0 Å². The van der Waals surface area contributed by atoms with Crippen molar-refractivity contribution in [2.24, 2.45) is 23.7 Å². The predicted octanol–water partition coefficient (Wildman–Crippen LogP) is 4.11. The fourth-order valence-electron chi connectivity index (χ4n) is 4.04. The van der Waals surface area contributed by atoms with Gasteiger partial charge in [-0.25, -0.2) is 0 Å². The van der Waals surface area contributed by atoms with Crippen molar-refractivity contribution in [1.29, 1.82) is 0 Å². The number of anilines is 1. The molecule has 7 heteroatoms. The summed E-state index contributed by atoms with van der Waals surface area (Å²) in [4.78, 5) is 24.5.